The molecule has 19 heavy (non-hydrogen) atoms. The maximum Gasteiger partial charge on any atom is 0.0719 e. The van der Waals surface area contributed by atoms with Crippen LogP contribution < -0.4 is 0 Å². The lowest BCUT2D eigenvalue weighted by atomic mass is 10.1. The van der Waals surface area contributed by atoms with Gasteiger partial charge in [-0.25, -0.2) is 0 Å². The van der Waals surface area contributed by atoms with Crippen LogP contribution in [0.2, 0.25) is 5.02 Å². The number of hydrogen-bond donors (Lipinski definition) is 0. The molecular formula is C15H11Cl2NS. The SMILES string of the molecule is Clc1cnccc1CC(Cl)c1cc2ccccc2s1. The van der Waals surface area contributed by atoms with Gasteiger partial charge in [-0.3, -0.25) is 4.98 Å². The molecule has 4 heteroatoms. The van der Waals surface area contributed by atoms with E-state index in [2.05, 4.69) is 23.2 Å². The summed E-state index contributed by atoms with van der Waals surface area (Å²) in [6, 6.07) is 12.4. The average Bonchev–Trinajstić information content (AvgIpc) is 2.85. The first-order valence-corrected chi connectivity index (χ1v) is 7.58. The number of rotatable bonds is 3. The molecule has 0 aliphatic rings. The Hall–Kier alpha value is -1.09. The molecule has 1 unspecified atom stereocenters. The molecule has 3 rings (SSSR count). The zero-order valence-electron chi connectivity index (χ0n) is 10.0. The van der Waals surface area contributed by atoms with Crippen molar-refractivity contribution in [1.29, 1.82) is 0 Å². The molecule has 1 nitrogen and oxygen atoms in total. The standard InChI is InChI=1S/C15H11Cl2NS/c16-12(7-10-5-6-18-9-13(10)17)15-8-11-3-1-2-4-14(11)19-15/h1-6,8-9,12H,7H2. The van der Waals surface area contributed by atoms with Gasteiger partial charge in [0.1, 0.15) is 0 Å². The number of fused-ring (bicyclic) bond motifs is 1. The molecule has 0 N–H and O–H groups in total. The van der Waals surface area contributed by atoms with Gasteiger partial charge in [0.25, 0.3) is 0 Å². The summed E-state index contributed by atoms with van der Waals surface area (Å²) in [7, 11) is 0. The number of aromatic nitrogens is 1. The van der Waals surface area contributed by atoms with Crippen molar-refractivity contribution in [1.82, 2.24) is 4.98 Å². The molecule has 1 atom stereocenters. The van der Waals surface area contributed by atoms with E-state index in [9.17, 15) is 0 Å². The van der Waals surface area contributed by atoms with Crippen LogP contribution in [-0.4, -0.2) is 4.98 Å². The van der Waals surface area contributed by atoms with Gasteiger partial charge in [0.05, 0.1) is 10.4 Å². The van der Waals surface area contributed by atoms with E-state index in [0.29, 0.717) is 5.02 Å². The molecule has 2 aromatic heterocycles. The molecular weight excluding hydrogens is 297 g/mol. The fraction of sp³-hybridized carbons (Fsp3) is 0.133. The highest BCUT2D eigenvalue weighted by atomic mass is 35.5. The normalized spacial score (nSPS) is 12.7. The van der Waals surface area contributed by atoms with E-state index in [4.69, 9.17) is 23.2 Å². The van der Waals surface area contributed by atoms with E-state index >= 15 is 0 Å². The Balaban J connectivity index is 1.87. The minimum Gasteiger partial charge on any atom is -0.263 e. The van der Waals surface area contributed by atoms with Crippen LogP contribution in [0.1, 0.15) is 15.8 Å². The average molecular weight is 308 g/mol. The van der Waals surface area contributed by atoms with E-state index in [-0.39, 0.29) is 5.38 Å². The third-order valence-corrected chi connectivity index (χ3v) is 5.10. The van der Waals surface area contributed by atoms with Gasteiger partial charge in [0, 0.05) is 22.0 Å². The maximum absolute atomic E-state index is 6.52. The largest absolute Gasteiger partial charge is 0.263 e. The summed E-state index contributed by atoms with van der Waals surface area (Å²) in [6.07, 6.45) is 4.12. The van der Waals surface area contributed by atoms with Crippen molar-refractivity contribution >= 4 is 44.6 Å². The quantitative estimate of drug-likeness (QED) is 0.584. The van der Waals surface area contributed by atoms with Gasteiger partial charge in [-0.05, 0) is 35.6 Å². The van der Waals surface area contributed by atoms with Crippen LogP contribution in [0.4, 0.5) is 0 Å². The lowest BCUT2D eigenvalue weighted by Crippen LogP contribution is -1.94. The second-order valence-corrected chi connectivity index (χ2v) is 6.37. The Bertz CT molecular complexity index is 675. The van der Waals surface area contributed by atoms with Crippen molar-refractivity contribution in [2.75, 3.05) is 0 Å². The summed E-state index contributed by atoms with van der Waals surface area (Å²) in [5, 5.41) is 1.86. The summed E-state index contributed by atoms with van der Waals surface area (Å²) in [5.41, 5.74) is 1.04. The highest BCUT2D eigenvalue weighted by Crippen LogP contribution is 2.35. The van der Waals surface area contributed by atoms with Gasteiger partial charge in [-0.1, -0.05) is 29.8 Å². The molecule has 0 saturated heterocycles. The van der Waals surface area contributed by atoms with Gasteiger partial charge in [0.2, 0.25) is 0 Å². The van der Waals surface area contributed by atoms with Crippen molar-refractivity contribution in [2.24, 2.45) is 0 Å². The van der Waals surface area contributed by atoms with E-state index in [0.717, 1.165) is 12.0 Å². The van der Waals surface area contributed by atoms with E-state index in [1.165, 1.54) is 15.0 Å². The van der Waals surface area contributed by atoms with Gasteiger partial charge in [-0.15, -0.1) is 22.9 Å². The Labute approximate surface area is 125 Å². The predicted molar refractivity (Wildman–Crippen MR) is 83.4 cm³/mol. The molecule has 2 heterocycles. The number of benzene rings is 1. The van der Waals surface area contributed by atoms with Crippen molar-refractivity contribution in [3.05, 3.63) is 64.3 Å². The van der Waals surface area contributed by atoms with Crippen LogP contribution in [0.5, 0.6) is 0 Å². The first kappa shape index (κ1) is 12.9. The number of hydrogen-bond acceptors (Lipinski definition) is 2. The predicted octanol–water partition coefficient (Wildman–Crippen LogP) is 5.47. The first-order chi connectivity index (χ1) is 9.24. The molecule has 0 aliphatic carbocycles. The monoisotopic (exact) mass is 307 g/mol. The second kappa shape index (κ2) is 5.49. The fourth-order valence-corrected chi connectivity index (χ4v) is 3.62. The molecule has 96 valence electrons. The Morgan fingerprint density at radius 1 is 1.21 bits per heavy atom. The highest BCUT2D eigenvalue weighted by molar-refractivity contribution is 7.19. The van der Waals surface area contributed by atoms with Gasteiger partial charge < -0.3 is 0 Å². The van der Waals surface area contributed by atoms with E-state index < -0.39 is 0 Å². The first-order valence-electron chi connectivity index (χ1n) is 5.95. The van der Waals surface area contributed by atoms with Crippen LogP contribution in [0.15, 0.2) is 48.8 Å². The molecule has 0 radical (unpaired) electrons. The summed E-state index contributed by atoms with van der Waals surface area (Å²) >= 11 is 14.4. The molecule has 3 aromatic rings. The minimum atomic E-state index is -0.0581. The Kier molecular flexibility index (Phi) is 3.74. The lowest BCUT2D eigenvalue weighted by molar-refractivity contribution is 0.936. The van der Waals surface area contributed by atoms with Crippen molar-refractivity contribution in [3.63, 3.8) is 0 Å². The zero-order valence-corrected chi connectivity index (χ0v) is 12.3. The summed E-state index contributed by atoms with van der Waals surface area (Å²) in [4.78, 5) is 5.16. The molecule has 0 saturated carbocycles. The number of halogens is 2. The number of alkyl halides is 1. The number of nitrogens with zero attached hydrogens (tertiary/aromatic N) is 1. The maximum atomic E-state index is 6.52. The summed E-state index contributed by atoms with van der Waals surface area (Å²) < 4.78 is 1.27. The smallest absolute Gasteiger partial charge is 0.0719 e. The van der Waals surface area contributed by atoms with Crippen LogP contribution in [0.3, 0.4) is 0 Å². The fourth-order valence-electron chi connectivity index (χ4n) is 2.02. The van der Waals surface area contributed by atoms with Crippen LogP contribution in [-0.2, 0) is 6.42 Å². The molecule has 0 fully saturated rings. The highest BCUT2D eigenvalue weighted by Gasteiger charge is 2.14. The van der Waals surface area contributed by atoms with Crippen molar-refractivity contribution < 1.29 is 0 Å². The molecule has 0 spiro atoms. The van der Waals surface area contributed by atoms with Gasteiger partial charge >= 0.3 is 0 Å². The van der Waals surface area contributed by atoms with Crippen molar-refractivity contribution in [2.45, 2.75) is 11.8 Å². The third kappa shape index (κ3) is 2.76. The Morgan fingerprint density at radius 2 is 2.05 bits per heavy atom. The van der Waals surface area contributed by atoms with Gasteiger partial charge in [-0.2, -0.15) is 0 Å². The molecule has 0 bridgehead atoms. The lowest BCUT2D eigenvalue weighted by Gasteiger charge is -2.08. The Morgan fingerprint density at radius 3 is 2.84 bits per heavy atom. The summed E-state index contributed by atoms with van der Waals surface area (Å²) in [5.74, 6) is 0. The third-order valence-electron chi connectivity index (χ3n) is 3.01. The molecule has 1 aromatic carbocycles. The van der Waals surface area contributed by atoms with Gasteiger partial charge in [0.15, 0.2) is 0 Å². The number of pyridine rings is 1. The molecule has 0 aliphatic heterocycles. The molecule has 0 amide bonds. The van der Waals surface area contributed by atoms with Crippen LogP contribution in [0, 0.1) is 0 Å². The van der Waals surface area contributed by atoms with Crippen molar-refractivity contribution in [3.8, 4) is 0 Å². The van der Waals surface area contributed by atoms with Crippen LogP contribution >= 0.6 is 34.5 Å². The minimum absolute atomic E-state index is 0.0581. The van der Waals surface area contributed by atoms with E-state index in [1.807, 2.05) is 18.2 Å². The number of thiophene rings is 1. The summed E-state index contributed by atoms with van der Waals surface area (Å²) in [6.45, 7) is 0. The van der Waals surface area contributed by atoms with E-state index in [1.54, 1.807) is 23.7 Å². The topological polar surface area (TPSA) is 12.9 Å². The zero-order chi connectivity index (χ0) is 13.2. The van der Waals surface area contributed by atoms with Crippen LogP contribution in [0.25, 0.3) is 10.1 Å². The second-order valence-electron chi connectivity index (χ2n) is 4.33.